The molecule has 0 heterocycles. The molecular formula is C23H16O6. The van der Waals surface area contributed by atoms with E-state index in [2.05, 4.69) is 0 Å². The molecular weight excluding hydrogens is 372 g/mol. The fourth-order valence-corrected chi connectivity index (χ4v) is 3.59. The molecule has 4 N–H and O–H groups in total. The third-order valence-corrected chi connectivity index (χ3v) is 5.12. The summed E-state index contributed by atoms with van der Waals surface area (Å²) in [4.78, 5) is 22.5. The van der Waals surface area contributed by atoms with Gasteiger partial charge in [0.1, 0.15) is 23.0 Å². The first-order valence-corrected chi connectivity index (χ1v) is 8.78. The molecule has 0 aliphatic rings. The van der Waals surface area contributed by atoms with Crippen LogP contribution < -0.4 is 0 Å². The second-order valence-electron chi connectivity index (χ2n) is 6.80. The van der Waals surface area contributed by atoms with Crippen molar-refractivity contribution < 1.29 is 30.0 Å². The molecule has 0 radical (unpaired) electrons. The maximum absolute atomic E-state index is 11.2. The number of aromatic hydroxyl groups is 4. The molecule has 0 aliphatic heterocycles. The summed E-state index contributed by atoms with van der Waals surface area (Å²) in [5.74, 6) is -0.400. The number of carbonyl (C=O) groups excluding carboxylic acids is 2. The van der Waals surface area contributed by atoms with Crippen molar-refractivity contribution in [2.45, 2.75) is 6.42 Å². The Balaban J connectivity index is 1.99. The molecule has 0 aliphatic carbocycles. The number of carbonyl (C=O) groups is 2. The van der Waals surface area contributed by atoms with Crippen LogP contribution in [0.25, 0.3) is 21.5 Å². The zero-order valence-corrected chi connectivity index (χ0v) is 15.1. The molecule has 0 saturated carbocycles. The Morgan fingerprint density at radius 2 is 1.00 bits per heavy atom. The van der Waals surface area contributed by atoms with Gasteiger partial charge in [-0.3, -0.25) is 9.59 Å². The highest BCUT2D eigenvalue weighted by molar-refractivity contribution is 5.97. The van der Waals surface area contributed by atoms with Crippen LogP contribution in [0.15, 0.2) is 48.5 Å². The quantitative estimate of drug-likeness (QED) is 0.392. The first kappa shape index (κ1) is 18.3. The van der Waals surface area contributed by atoms with E-state index in [-0.39, 0.29) is 40.5 Å². The number of aldehydes is 2. The number of phenolic OH excluding ortho intramolecular Hbond substituents is 4. The minimum Gasteiger partial charge on any atom is -0.508 e. The summed E-state index contributed by atoms with van der Waals surface area (Å²) >= 11 is 0. The van der Waals surface area contributed by atoms with E-state index in [1.165, 1.54) is 36.4 Å². The van der Waals surface area contributed by atoms with Gasteiger partial charge in [0.25, 0.3) is 0 Å². The number of benzene rings is 4. The molecule has 144 valence electrons. The molecule has 6 nitrogen and oxygen atoms in total. The summed E-state index contributed by atoms with van der Waals surface area (Å²) in [5, 5.41) is 43.2. The average Bonchev–Trinajstić information content (AvgIpc) is 2.71. The fraction of sp³-hybridized carbons (Fsp3) is 0.0435. The van der Waals surface area contributed by atoms with Crippen LogP contribution in [-0.2, 0) is 6.42 Å². The first-order valence-electron chi connectivity index (χ1n) is 8.78. The van der Waals surface area contributed by atoms with Crippen molar-refractivity contribution in [3.63, 3.8) is 0 Å². The van der Waals surface area contributed by atoms with Crippen molar-refractivity contribution in [3.8, 4) is 23.0 Å². The Morgan fingerprint density at radius 3 is 1.38 bits per heavy atom. The number of fused-ring (bicyclic) bond motifs is 2. The van der Waals surface area contributed by atoms with E-state index in [1.807, 2.05) is 0 Å². The van der Waals surface area contributed by atoms with Crippen molar-refractivity contribution in [2.24, 2.45) is 0 Å². The van der Waals surface area contributed by atoms with E-state index < -0.39 is 0 Å². The van der Waals surface area contributed by atoms with Gasteiger partial charge < -0.3 is 20.4 Å². The predicted molar refractivity (Wildman–Crippen MR) is 108 cm³/mol. The van der Waals surface area contributed by atoms with Gasteiger partial charge in [-0.25, -0.2) is 0 Å². The van der Waals surface area contributed by atoms with Crippen LogP contribution in [0.4, 0.5) is 0 Å². The van der Waals surface area contributed by atoms with Gasteiger partial charge >= 0.3 is 0 Å². The maximum Gasteiger partial charge on any atom is 0.153 e. The van der Waals surface area contributed by atoms with E-state index in [4.69, 9.17) is 0 Å². The molecule has 29 heavy (non-hydrogen) atoms. The zero-order chi connectivity index (χ0) is 20.7. The molecule has 0 saturated heterocycles. The lowest BCUT2D eigenvalue weighted by Crippen LogP contribution is -1.96. The number of rotatable bonds is 4. The molecule has 0 aromatic heterocycles. The lowest BCUT2D eigenvalue weighted by molar-refractivity contribution is 0.111. The van der Waals surface area contributed by atoms with Crippen molar-refractivity contribution >= 4 is 34.1 Å². The second kappa shape index (κ2) is 6.83. The van der Waals surface area contributed by atoms with E-state index >= 15 is 0 Å². The maximum atomic E-state index is 11.2. The molecule has 4 aromatic carbocycles. The van der Waals surface area contributed by atoms with E-state index in [9.17, 15) is 30.0 Å². The summed E-state index contributed by atoms with van der Waals surface area (Å²) in [6, 6.07) is 12.0. The largest absolute Gasteiger partial charge is 0.508 e. The van der Waals surface area contributed by atoms with Gasteiger partial charge in [0, 0.05) is 17.5 Å². The highest BCUT2D eigenvalue weighted by Crippen LogP contribution is 2.38. The zero-order valence-electron chi connectivity index (χ0n) is 15.1. The standard InChI is InChI=1S/C23H16O6/c24-10-14-5-16-12(7-22(14)28)1-3-20(26)18(16)9-19-17-6-15(11-25)23(29)8-13(17)2-4-21(19)27/h1-8,10-11,26-29H,9H2. The summed E-state index contributed by atoms with van der Waals surface area (Å²) in [5.41, 5.74) is 1.07. The number of hydrogen-bond donors (Lipinski definition) is 4. The highest BCUT2D eigenvalue weighted by atomic mass is 16.3. The van der Waals surface area contributed by atoms with Gasteiger partial charge in [0.05, 0.1) is 11.1 Å². The van der Waals surface area contributed by atoms with Crippen LogP contribution in [0.1, 0.15) is 31.8 Å². The first-order chi connectivity index (χ1) is 13.9. The second-order valence-corrected chi connectivity index (χ2v) is 6.80. The summed E-state index contributed by atoms with van der Waals surface area (Å²) in [7, 11) is 0. The van der Waals surface area contributed by atoms with Crippen molar-refractivity contribution in [3.05, 3.63) is 70.8 Å². The van der Waals surface area contributed by atoms with Crippen LogP contribution in [0.5, 0.6) is 23.0 Å². The van der Waals surface area contributed by atoms with Gasteiger partial charge in [-0.2, -0.15) is 0 Å². The third-order valence-electron chi connectivity index (χ3n) is 5.12. The Kier molecular flexibility index (Phi) is 4.31. The van der Waals surface area contributed by atoms with E-state index in [0.717, 1.165) is 0 Å². The molecule has 6 heteroatoms. The lowest BCUT2D eigenvalue weighted by atomic mass is 9.92. The highest BCUT2D eigenvalue weighted by Gasteiger charge is 2.16. The minimum atomic E-state index is -0.164. The summed E-state index contributed by atoms with van der Waals surface area (Å²) in [6.45, 7) is 0. The van der Waals surface area contributed by atoms with Gasteiger partial charge in [0.15, 0.2) is 12.6 Å². The van der Waals surface area contributed by atoms with Crippen LogP contribution >= 0.6 is 0 Å². The lowest BCUT2D eigenvalue weighted by Gasteiger charge is -2.14. The molecule has 0 amide bonds. The Morgan fingerprint density at radius 1 is 0.586 bits per heavy atom. The van der Waals surface area contributed by atoms with Crippen LogP contribution in [0.3, 0.4) is 0 Å². The molecule has 4 rings (SSSR count). The Hall–Kier alpha value is -4.06. The normalized spacial score (nSPS) is 11.0. The van der Waals surface area contributed by atoms with Gasteiger partial charge in [0.2, 0.25) is 0 Å². The molecule has 0 spiro atoms. The molecule has 0 fully saturated rings. The van der Waals surface area contributed by atoms with Gasteiger partial charge in [-0.1, -0.05) is 12.1 Å². The topological polar surface area (TPSA) is 115 Å². The fourth-order valence-electron chi connectivity index (χ4n) is 3.59. The molecule has 0 atom stereocenters. The Bertz CT molecular complexity index is 1210. The summed E-state index contributed by atoms with van der Waals surface area (Å²) in [6.07, 6.45) is 1.15. The van der Waals surface area contributed by atoms with Crippen molar-refractivity contribution in [2.75, 3.05) is 0 Å². The Labute approximate surface area is 164 Å². The monoisotopic (exact) mass is 388 g/mol. The number of hydrogen-bond acceptors (Lipinski definition) is 6. The SMILES string of the molecule is O=Cc1cc2c(Cc3c(O)ccc4cc(O)c(C=O)cc34)c(O)ccc2cc1O. The average molecular weight is 388 g/mol. The number of phenols is 4. The molecule has 0 unspecified atom stereocenters. The van der Waals surface area contributed by atoms with Crippen molar-refractivity contribution in [1.82, 2.24) is 0 Å². The predicted octanol–water partition coefficient (Wildman–Crippen LogP) is 4.03. The van der Waals surface area contributed by atoms with Crippen LogP contribution in [0.2, 0.25) is 0 Å². The molecule has 4 aromatic rings. The van der Waals surface area contributed by atoms with E-state index in [0.29, 0.717) is 45.2 Å². The summed E-state index contributed by atoms with van der Waals surface area (Å²) < 4.78 is 0. The van der Waals surface area contributed by atoms with E-state index in [1.54, 1.807) is 12.1 Å². The van der Waals surface area contributed by atoms with Crippen molar-refractivity contribution in [1.29, 1.82) is 0 Å². The van der Waals surface area contributed by atoms with Crippen LogP contribution in [0, 0.1) is 0 Å². The van der Waals surface area contributed by atoms with Crippen LogP contribution in [-0.4, -0.2) is 33.0 Å². The smallest absolute Gasteiger partial charge is 0.153 e. The van der Waals surface area contributed by atoms with Gasteiger partial charge in [-0.05, 0) is 57.9 Å². The third kappa shape index (κ3) is 3.00. The molecule has 0 bridgehead atoms. The van der Waals surface area contributed by atoms with Gasteiger partial charge in [-0.15, -0.1) is 0 Å². The minimum absolute atomic E-state index is 0.0363.